The lowest BCUT2D eigenvalue weighted by Gasteiger charge is -2.32. The van der Waals surface area contributed by atoms with Gasteiger partial charge in [-0.2, -0.15) is 0 Å². The van der Waals surface area contributed by atoms with Crippen LogP contribution >= 0.6 is 11.3 Å². The fourth-order valence-electron chi connectivity index (χ4n) is 3.09. The van der Waals surface area contributed by atoms with Crippen molar-refractivity contribution in [2.45, 2.75) is 45.1 Å². The van der Waals surface area contributed by atoms with E-state index >= 15 is 0 Å². The molecule has 158 valence electrons. The summed E-state index contributed by atoms with van der Waals surface area (Å²) in [6.45, 7) is 8.43. The van der Waals surface area contributed by atoms with Crippen molar-refractivity contribution in [3.8, 4) is 5.75 Å². The summed E-state index contributed by atoms with van der Waals surface area (Å²) in [5.41, 5.74) is 5.99. The van der Waals surface area contributed by atoms with Crippen LogP contribution in [-0.2, 0) is 10.2 Å². The van der Waals surface area contributed by atoms with Crippen LogP contribution in [0.1, 0.15) is 45.2 Å². The van der Waals surface area contributed by atoms with Gasteiger partial charge in [-0.15, -0.1) is 11.3 Å². The highest BCUT2D eigenvalue weighted by atomic mass is 32.1. The lowest BCUT2D eigenvalue weighted by molar-refractivity contribution is -0.116. The number of aliphatic imine (C=N–C) groups is 2. The Bertz CT molecular complexity index is 1190. The highest BCUT2D eigenvalue weighted by Gasteiger charge is 2.28. The average Bonchev–Trinajstić information content (AvgIpc) is 3.01. The number of aromatic amines is 1. The highest BCUT2D eigenvalue weighted by molar-refractivity contribution is 7.07. The number of hydrogen-bond donors (Lipinski definition) is 2. The Morgan fingerprint density at radius 1 is 1.37 bits per heavy atom. The van der Waals surface area contributed by atoms with Crippen molar-refractivity contribution in [3.05, 3.63) is 48.9 Å². The van der Waals surface area contributed by atoms with Crippen molar-refractivity contribution in [2.24, 2.45) is 15.7 Å². The highest BCUT2D eigenvalue weighted by Crippen LogP contribution is 2.38. The molecule has 0 saturated carbocycles. The zero-order valence-electron chi connectivity index (χ0n) is 17.6. The van der Waals surface area contributed by atoms with Gasteiger partial charge in [-0.3, -0.25) is 14.6 Å². The Morgan fingerprint density at radius 2 is 2.13 bits per heavy atom. The van der Waals surface area contributed by atoms with E-state index in [4.69, 9.17) is 10.5 Å². The van der Waals surface area contributed by atoms with Gasteiger partial charge in [0.25, 0.3) is 5.56 Å². The third kappa shape index (κ3) is 4.76. The lowest BCUT2D eigenvalue weighted by Crippen LogP contribution is -2.29. The zero-order chi connectivity index (χ0) is 21.9. The number of benzene rings is 1. The second kappa shape index (κ2) is 8.39. The Kier molecular flexibility index (Phi) is 6.07. The van der Waals surface area contributed by atoms with E-state index in [1.807, 2.05) is 18.2 Å². The molecule has 3 N–H and O–H groups in total. The second-order valence-electron chi connectivity index (χ2n) is 8.28. The molecule has 0 spiro atoms. The number of nitrogens with zero attached hydrogens (tertiary/aromatic N) is 2. The van der Waals surface area contributed by atoms with Crippen LogP contribution < -0.4 is 25.2 Å². The van der Waals surface area contributed by atoms with Crippen LogP contribution in [0, 0.1) is 0 Å². The molecule has 1 aliphatic rings. The summed E-state index contributed by atoms with van der Waals surface area (Å²) < 4.78 is 6.76. The molecule has 2 aromatic rings. The predicted molar refractivity (Wildman–Crippen MR) is 122 cm³/mol. The Labute approximate surface area is 178 Å². The summed E-state index contributed by atoms with van der Waals surface area (Å²) in [5, 5.41) is 0. The third-order valence-electron chi connectivity index (χ3n) is 5.09. The van der Waals surface area contributed by atoms with E-state index in [2.05, 4.69) is 34.9 Å². The van der Waals surface area contributed by atoms with Crippen LogP contribution in [0.5, 0.6) is 5.75 Å². The predicted octanol–water partition coefficient (Wildman–Crippen LogP) is 1.47. The lowest BCUT2D eigenvalue weighted by atomic mass is 9.79. The molecule has 8 heteroatoms. The van der Waals surface area contributed by atoms with Gasteiger partial charge in [-0.1, -0.05) is 19.9 Å². The van der Waals surface area contributed by atoms with Crippen molar-refractivity contribution in [1.82, 2.24) is 4.98 Å². The summed E-state index contributed by atoms with van der Waals surface area (Å²) in [5.74, 6) is 0.646. The maximum absolute atomic E-state index is 12.5. The molecular weight excluding hydrogens is 400 g/mol. The molecule has 1 aliphatic heterocycles. The van der Waals surface area contributed by atoms with Crippen LogP contribution in [0.4, 0.5) is 0 Å². The number of nitrogens with two attached hydrogens (primary N) is 1. The summed E-state index contributed by atoms with van der Waals surface area (Å²) >= 11 is 1.23. The van der Waals surface area contributed by atoms with Gasteiger partial charge in [-0.25, -0.2) is 4.99 Å². The van der Waals surface area contributed by atoms with Gasteiger partial charge in [0.05, 0.1) is 22.1 Å². The van der Waals surface area contributed by atoms with Gasteiger partial charge >= 0.3 is 0 Å². The molecule has 1 aromatic carbocycles. The molecule has 1 aromatic heterocycles. The molecule has 30 heavy (non-hydrogen) atoms. The van der Waals surface area contributed by atoms with Gasteiger partial charge in [0.1, 0.15) is 17.6 Å². The molecule has 3 rings (SSSR count). The van der Waals surface area contributed by atoms with Gasteiger partial charge in [0.15, 0.2) is 5.78 Å². The fourth-order valence-corrected chi connectivity index (χ4v) is 3.98. The smallest absolute Gasteiger partial charge is 0.266 e. The quantitative estimate of drug-likeness (QED) is 0.557. The summed E-state index contributed by atoms with van der Waals surface area (Å²) in [7, 11) is 0. The van der Waals surface area contributed by atoms with Crippen molar-refractivity contribution in [2.75, 3.05) is 6.61 Å². The van der Waals surface area contributed by atoms with Crippen LogP contribution in [0.25, 0.3) is 12.2 Å². The van der Waals surface area contributed by atoms with Gasteiger partial charge in [0, 0.05) is 11.6 Å². The Balaban J connectivity index is 1.95. The number of nitrogens with one attached hydrogen (secondary N) is 1. The van der Waals surface area contributed by atoms with E-state index in [-0.39, 0.29) is 16.8 Å². The number of H-pyrrole nitrogens is 1. The SMILES string of the molecule is CC(C)(N=CN=CN)C(=O)/C=c1\[nH]c(=O)/c(=C/c2ccc3c(c2)C(C)(C)CCO3)s1. The second-order valence-corrected chi connectivity index (χ2v) is 9.36. The number of aromatic nitrogens is 1. The van der Waals surface area contributed by atoms with Gasteiger partial charge < -0.3 is 15.5 Å². The van der Waals surface area contributed by atoms with Crippen molar-refractivity contribution < 1.29 is 9.53 Å². The molecule has 0 radical (unpaired) electrons. The maximum Gasteiger partial charge on any atom is 0.266 e. The minimum Gasteiger partial charge on any atom is -0.493 e. The molecule has 0 unspecified atom stereocenters. The molecule has 7 nitrogen and oxygen atoms in total. The normalized spacial score (nSPS) is 17.5. The molecule has 0 amide bonds. The Hall–Kier alpha value is -3.00. The maximum atomic E-state index is 12.5. The van der Waals surface area contributed by atoms with Crippen molar-refractivity contribution in [3.63, 3.8) is 0 Å². The molecule has 0 fully saturated rings. The third-order valence-corrected chi connectivity index (χ3v) is 6.06. The molecule has 0 atom stereocenters. The standard InChI is InChI=1S/C22H26N4O3S/c1-21(2)7-8-29-16-6-5-14(9-15(16)21)10-17-20(28)26-19(30-17)11-18(27)22(3,4)25-13-24-12-23/h5-6,9-13H,7-8H2,1-4H3,(H,26,28)(H2,23,24,25)/b17-10-,19-11+. The van der Waals surface area contributed by atoms with Gasteiger partial charge in [-0.05, 0) is 49.5 Å². The monoisotopic (exact) mass is 426 g/mol. The fraction of sp³-hybridized carbons (Fsp3) is 0.364. The number of fused-ring (bicyclic) bond motifs is 1. The molecule has 0 saturated heterocycles. The van der Waals surface area contributed by atoms with E-state index < -0.39 is 5.54 Å². The number of carbonyl (C=O) groups is 1. The number of carbonyl (C=O) groups excluding carboxylic acids is 1. The molecule has 0 aliphatic carbocycles. The van der Waals surface area contributed by atoms with E-state index in [9.17, 15) is 9.59 Å². The number of ether oxygens (including phenoxy) is 1. The largest absolute Gasteiger partial charge is 0.493 e. The first-order chi connectivity index (χ1) is 14.1. The minimum absolute atomic E-state index is 0.0186. The van der Waals surface area contributed by atoms with Crippen LogP contribution in [0.15, 0.2) is 33.0 Å². The Morgan fingerprint density at radius 3 is 2.87 bits per heavy atom. The first-order valence-electron chi connectivity index (χ1n) is 9.64. The molecule has 2 heterocycles. The van der Waals surface area contributed by atoms with Crippen molar-refractivity contribution >= 4 is 41.9 Å². The molecular formula is C22H26N4O3S. The van der Waals surface area contributed by atoms with E-state index in [0.29, 0.717) is 15.8 Å². The summed E-state index contributed by atoms with van der Waals surface area (Å²) in [6, 6.07) is 5.95. The number of thiazole rings is 1. The summed E-state index contributed by atoms with van der Waals surface area (Å²) in [4.78, 5) is 35.5. The van der Waals surface area contributed by atoms with E-state index in [0.717, 1.165) is 29.6 Å². The van der Waals surface area contributed by atoms with Crippen LogP contribution in [0.2, 0.25) is 0 Å². The van der Waals surface area contributed by atoms with E-state index in [1.54, 1.807) is 13.8 Å². The average molecular weight is 427 g/mol. The topological polar surface area (TPSA) is 110 Å². The number of rotatable bonds is 5. The van der Waals surface area contributed by atoms with Crippen molar-refractivity contribution in [1.29, 1.82) is 0 Å². The molecule has 0 bridgehead atoms. The van der Waals surface area contributed by atoms with E-state index in [1.165, 1.54) is 23.8 Å². The van der Waals surface area contributed by atoms with Crippen LogP contribution in [-0.4, -0.2) is 35.6 Å². The van der Waals surface area contributed by atoms with Gasteiger partial charge in [0.2, 0.25) is 0 Å². The first-order valence-corrected chi connectivity index (χ1v) is 10.5. The minimum atomic E-state index is -1.01. The number of Topliss-reactive ketones (excluding diaryl/α,β-unsaturated/α-hetero) is 1. The number of ketones is 1. The number of hydrogen-bond acceptors (Lipinski definition) is 5. The first kappa shape index (κ1) is 21.7. The van der Waals surface area contributed by atoms with Crippen LogP contribution in [0.3, 0.4) is 0 Å². The zero-order valence-corrected chi connectivity index (χ0v) is 18.4. The summed E-state index contributed by atoms with van der Waals surface area (Å²) in [6.07, 6.45) is 6.51.